The lowest BCUT2D eigenvalue weighted by Crippen LogP contribution is -2.47. The molecule has 140 valence electrons. The third-order valence-corrected chi connectivity index (χ3v) is 5.14. The zero-order valence-corrected chi connectivity index (χ0v) is 15.8. The van der Waals surface area contributed by atoms with Crippen molar-refractivity contribution < 1.29 is 18.8 Å². The first kappa shape index (κ1) is 19.1. The van der Waals surface area contributed by atoms with E-state index in [1.165, 1.54) is 23.9 Å². The van der Waals surface area contributed by atoms with E-state index in [4.69, 9.17) is 0 Å². The van der Waals surface area contributed by atoms with Crippen molar-refractivity contribution in [3.8, 4) is 0 Å². The van der Waals surface area contributed by atoms with Crippen LogP contribution in [0.2, 0.25) is 0 Å². The van der Waals surface area contributed by atoms with Crippen molar-refractivity contribution in [3.63, 3.8) is 0 Å². The number of halogens is 1. The number of rotatable bonds is 6. The van der Waals surface area contributed by atoms with Gasteiger partial charge >= 0.3 is 0 Å². The van der Waals surface area contributed by atoms with Gasteiger partial charge in [-0.25, -0.2) is 4.39 Å². The minimum atomic E-state index is -0.965. The molecular formula is C20H19FN2O3S. The third-order valence-electron chi connectivity index (χ3n) is 4.49. The second-order valence-electron chi connectivity index (χ2n) is 6.27. The van der Waals surface area contributed by atoms with Gasteiger partial charge in [0.05, 0.1) is 11.1 Å². The van der Waals surface area contributed by atoms with Gasteiger partial charge in [-0.15, -0.1) is 0 Å². The zero-order chi connectivity index (χ0) is 19.6. The van der Waals surface area contributed by atoms with Crippen LogP contribution in [-0.4, -0.2) is 40.7 Å². The van der Waals surface area contributed by atoms with Crippen LogP contribution in [0.5, 0.6) is 0 Å². The molecule has 3 amide bonds. The van der Waals surface area contributed by atoms with Gasteiger partial charge in [0.1, 0.15) is 11.9 Å². The predicted octanol–water partition coefficient (Wildman–Crippen LogP) is 3.49. The highest BCUT2D eigenvalue weighted by Crippen LogP contribution is 2.27. The first-order valence-corrected chi connectivity index (χ1v) is 9.86. The van der Waals surface area contributed by atoms with Gasteiger partial charge in [0, 0.05) is 5.69 Å². The van der Waals surface area contributed by atoms with Crippen LogP contribution in [0, 0.1) is 12.7 Å². The second-order valence-corrected chi connectivity index (χ2v) is 7.26. The van der Waals surface area contributed by atoms with Crippen LogP contribution < -0.4 is 5.32 Å². The number of carbonyl (C=O) groups excluding carboxylic acids is 3. The summed E-state index contributed by atoms with van der Waals surface area (Å²) >= 11 is 1.52. The number of benzene rings is 2. The number of hydrogen-bond acceptors (Lipinski definition) is 4. The summed E-state index contributed by atoms with van der Waals surface area (Å²) < 4.78 is 13.5. The summed E-state index contributed by atoms with van der Waals surface area (Å²) in [6.45, 7) is 1.74. The number of anilines is 1. The molecule has 1 atom stereocenters. The van der Waals surface area contributed by atoms with Crippen molar-refractivity contribution >= 4 is 35.2 Å². The molecule has 2 aromatic carbocycles. The Kier molecular flexibility index (Phi) is 5.60. The number of thioether (sulfide) groups is 1. The summed E-state index contributed by atoms with van der Waals surface area (Å²) in [5.74, 6) is -1.35. The van der Waals surface area contributed by atoms with Crippen LogP contribution in [0.25, 0.3) is 0 Å². The van der Waals surface area contributed by atoms with Gasteiger partial charge < -0.3 is 5.32 Å². The van der Waals surface area contributed by atoms with E-state index < -0.39 is 29.6 Å². The van der Waals surface area contributed by atoms with Gasteiger partial charge in [0.25, 0.3) is 11.8 Å². The van der Waals surface area contributed by atoms with Crippen molar-refractivity contribution in [1.29, 1.82) is 0 Å². The fourth-order valence-electron chi connectivity index (χ4n) is 3.04. The van der Waals surface area contributed by atoms with E-state index in [2.05, 4.69) is 5.32 Å². The number of aryl methyl sites for hydroxylation is 1. The van der Waals surface area contributed by atoms with Crippen LogP contribution >= 0.6 is 11.8 Å². The van der Waals surface area contributed by atoms with Crippen LogP contribution in [0.15, 0.2) is 42.5 Å². The van der Waals surface area contributed by atoms with Crippen molar-refractivity contribution in [2.24, 2.45) is 0 Å². The van der Waals surface area contributed by atoms with Gasteiger partial charge in [-0.2, -0.15) is 11.8 Å². The molecule has 0 unspecified atom stereocenters. The maximum absolute atomic E-state index is 13.5. The van der Waals surface area contributed by atoms with Crippen molar-refractivity contribution in [2.75, 3.05) is 17.3 Å². The monoisotopic (exact) mass is 386 g/mol. The number of nitrogens with one attached hydrogen (secondary N) is 1. The quantitative estimate of drug-likeness (QED) is 0.772. The summed E-state index contributed by atoms with van der Waals surface area (Å²) in [5.41, 5.74) is 1.61. The SMILES string of the molecule is CSCC[C@@H](C(=O)Nc1cc(F)ccc1C)N1C(=O)c2ccccc2C1=O. The number of imide groups is 1. The van der Waals surface area contributed by atoms with Crippen LogP contribution in [0.4, 0.5) is 10.1 Å². The normalized spacial score (nSPS) is 14.3. The maximum Gasteiger partial charge on any atom is 0.262 e. The topological polar surface area (TPSA) is 66.5 Å². The van der Waals surface area contributed by atoms with Crippen molar-refractivity contribution in [3.05, 3.63) is 65.0 Å². The number of nitrogens with zero attached hydrogens (tertiary/aromatic N) is 1. The summed E-state index contributed by atoms with van der Waals surface area (Å²) in [6, 6.07) is 9.64. The fourth-order valence-corrected chi connectivity index (χ4v) is 3.50. The molecule has 3 rings (SSSR count). The van der Waals surface area contributed by atoms with Crippen molar-refractivity contribution in [2.45, 2.75) is 19.4 Å². The van der Waals surface area contributed by atoms with Gasteiger partial charge in [0.2, 0.25) is 5.91 Å². The van der Waals surface area contributed by atoms with E-state index >= 15 is 0 Å². The number of hydrogen-bond donors (Lipinski definition) is 1. The predicted molar refractivity (Wildman–Crippen MR) is 103 cm³/mol. The summed E-state index contributed by atoms with van der Waals surface area (Å²) in [5, 5.41) is 2.67. The Morgan fingerprint density at radius 3 is 2.37 bits per heavy atom. The van der Waals surface area contributed by atoms with Crippen LogP contribution in [-0.2, 0) is 4.79 Å². The second kappa shape index (κ2) is 7.92. The molecule has 1 aliphatic rings. The molecule has 0 aliphatic carbocycles. The van der Waals surface area contributed by atoms with Gasteiger partial charge in [-0.1, -0.05) is 18.2 Å². The highest BCUT2D eigenvalue weighted by atomic mass is 32.2. The van der Waals surface area contributed by atoms with Gasteiger partial charge in [-0.05, 0) is 55.2 Å². The summed E-state index contributed by atoms with van der Waals surface area (Å²) in [7, 11) is 0. The number of carbonyl (C=O) groups is 3. The Morgan fingerprint density at radius 2 is 1.78 bits per heavy atom. The molecule has 2 aromatic rings. The van der Waals surface area contributed by atoms with Gasteiger partial charge in [0.15, 0.2) is 0 Å². The molecule has 27 heavy (non-hydrogen) atoms. The maximum atomic E-state index is 13.5. The first-order chi connectivity index (χ1) is 12.9. The van der Waals surface area contributed by atoms with Gasteiger partial charge in [-0.3, -0.25) is 19.3 Å². The minimum Gasteiger partial charge on any atom is -0.324 e. The molecule has 0 spiro atoms. The Labute approximate surface area is 160 Å². The Bertz CT molecular complexity index is 881. The highest BCUT2D eigenvalue weighted by molar-refractivity contribution is 7.98. The Morgan fingerprint density at radius 1 is 1.15 bits per heavy atom. The molecule has 0 aromatic heterocycles. The van der Waals surface area contributed by atoms with E-state index in [0.717, 1.165) is 4.90 Å². The molecule has 0 fully saturated rings. The van der Waals surface area contributed by atoms with E-state index in [9.17, 15) is 18.8 Å². The average molecular weight is 386 g/mol. The standard InChI is InChI=1S/C20H19FN2O3S/c1-12-7-8-13(21)11-16(12)22-18(24)17(9-10-27-2)23-19(25)14-5-3-4-6-15(14)20(23)26/h3-8,11,17H,9-10H2,1-2H3,(H,22,24)/t17-/m0/s1. The van der Waals surface area contributed by atoms with E-state index in [1.807, 2.05) is 6.26 Å². The molecule has 1 N–H and O–H groups in total. The van der Waals surface area contributed by atoms with Crippen LogP contribution in [0.1, 0.15) is 32.7 Å². The largest absolute Gasteiger partial charge is 0.324 e. The van der Waals surface area contributed by atoms with E-state index in [1.54, 1.807) is 37.3 Å². The average Bonchev–Trinajstić information content (AvgIpc) is 2.90. The lowest BCUT2D eigenvalue weighted by Gasteiger charge is -2.25. The fraction of sp³-hybridized carbons (Fsp3) is 0.250. The smallest absolute Gasteiger partial charge is 0.262 e. The number of amides is 3. The molecule has 0 radical (unpaired) electrons. The van der Waals surface area contributed by atoms with Crippen molar-refractivity contribution in [1.82, 2.24) is 4.90 Å². The first-order valence-electron chi connectivity index (χ1n) is 8.47. The molecule has 7 heteroatoms. The summed E-state index contributed by atoms with van der Waals surface area (Å²) in [4.78, 5) is 39.4. The molecule has 1 heterocycles. The van der Waals surface area contributed by atoms with Crippen LogP contribution in [0.3, 0.4) is 0 Å². The lowest BCUT2D eigenvalue weighted by molar-refractivity contribution is -0.120. The molecular weight excluding hydrogens is 367 g/mol. The Balaban J connectivity index is 1.90. The zero-order valence-electron chi connectivity index (χ0n) is 15.0. The minimum absolute atomic E-state index is 0.298. The third kappa shape index (κ3) is 3.73. The summed E-state index contributed by atoms with van der Waals surface area (Å²) in [6.07, 6.45) is 2.20. The van der Waals surface area contributed by atoms with E-state index in [0.29, 0.717) is 34.6 Å². The lowest BCUT2D eigenvalue weighted by atomic mass is 10.1. The molecule has 0 bridgehead atoms. The van der Waals surface area contributed by atoms with E-state index in [-0.39, 0.29) is 0 Å². The Hall–Kier alpha value is -2.67. The highest BCUT2D eigenvalue weighted by Gasteiger charge is 2.42. The molecule has 1 aliphatic heterocycles. The molecule has 5 nitrogen and oxygen atoms in total. The molecule has 0 saturated heterocycles. The number of fused-ring (bicyclic) bond motifs is 1. The molecule has 0 saturated carbocycles.